The minimum atomic E-state index is -0.976. The van der Waals surface area contributed by atoms with E-state index in [9.17, 15) is 14.3 Å². The van der Waals surface area contributed by atoms with Crippen molar-refractivity contribution in [2.75, 3.05) is 0 Å². The van der Waals surface area contributed by atoms with Gasteiger partial charge in [0.05, 0.1) is 5.92 Å². The largest absolute Gasteiger partial charge is 0.481 e. The highest BCUT2D eigenvalue weighted by Gasteiger charge is 2.22. The number of halogens is 1. The molecule has 0 aliphatic rings. The molecule has 1 aromatic carbocycles. The fourth-order valence-corrected chi connectivity index (χ4v) is 2.00. The quantitative estimate of drug-likeness (QED) is 0.918. The van der Waals surface area contributed by atoms with Gasteiger partial charge in [-0.2, -0.15) is 0 Å². The highest BCUT2D eigenvalue weighted by atomic mass is 19.1. The summed E-state index contributed by atoms with van der Waals surface area (Å²) in [5.41, 5.74) is 2.11. The summed E-state index contributed by atoms with van der Waals surface area (Å²) in [4.78, 5) is 15.6. The second-order valence-corrected chi connectivity index (χ2v) is 4.42. The summed E-state index contributed by atoms with van der Waals surface area (Å²) in [5, 5.41) is 9.32. The van der Waals surface area contributed by atoms with E-state index < -0.39 is 17.7 Å². The highest BCUT2D eigenvalue weighted by molar-refractivity contribution is 5.76. The van der Waals surface area contributed by atoms with Crippen molar-refractivity contribution in [3.05, 3.63) is 65.2 Å². The van der Waals surface area contributed by atoms with Crippen LogP contribution in [0.2, 0.25) is 0 Å². The number of nitrogens with zero attached hydrogens (tertiary/aromatic N) is 1. The van der Waals surface area contributed by atoms with Gasteiger partial charge in [0.25, 0.3) is 0 Å². The van der Waals surface area contributed by atoms with Gasteiger partial charge in [-0.25, -0.2) is 4.39 Å². The van der Waals surface area contributed by atoms with Crippen molar-refractivity contribution in [3.8, 4) is 0 Å². The maximum Gasteiger partial charge on any atom is 0.311 e. The molecule has 1 unspecified atom stereocenters. The molecule has 0 aliphatic heterocycles. The smallest absolute Gasteiger partial charge is 0.311 e. The van der Waals surface area contributed by atoms with Crippen molar-refractivity contribution >= 4 is 5.97 Å². The number of hydrogen-bond donors (Lipinski definition) is 1. The van der Waals surface area contributed by atoms with Crippen molar-refractivity contribution in [2.45, 2.75) is 19.3 Å². The van der Waals surface area contributed by atoms with Crippen LogP contribution in [0.15, 0.2) is 42.6 Å². The van der Waals surface area contributed by atoms with E-state index in [4.69, 9.17) is 0 Å². The number of rotatable bonds is 4. The Morgan fingerprint density at radius 1 is 1.37 bits per heavy atom. The molecule has 0 saturated heterocycles. The van der Waals surface area contributed by atoms with Gasteiger partial charge in [0.2, 0.25) is 0 Å². The topological polar surface area (TPSA) is 50.2 Å². The van der Waals surface area contributed by atoms with E-state index in [0.29, 0.717) is 5.56 Å². The second kappa shape index (κ2) is 5.61. The third-order valence-electron chi connectivity index (χ3n) is 3.06. The summed E-state index contributed by atoms with van der Waals surface area (Å²) in [6.07, 6.45) is 1.89. The number of carboxylic acids is 1. The van der Waals surface area contributed by atoms with Crippen molar-refractivity contribution in [1.82, 2.24) is 4.98 Å². The van der Waals surface area contributed by atoms with Crippen LogP contribution in [0.1, 0.15) is 22.7 Å². The van der Waals surface area contributed by atoms with Crippen LogP contribution in [0.3, 0.4) is 0 Å². The van der Waals surface area contributed by atoms with E-state index in [1.165, 1.54) is 18.2 Å². The molecule has 0 amide bonds. The minimum absolute atomic E-state index is 0.255. The monoisotopic (exact) mass is 259 g/mol. The molecule has 98 valence electrons. The maximum absolute atomic E-state index is 13.2. The molecule has 2 aromatic rings. The summed E-state index contributed by atoms with van der Waals surface area (Å²) in [6, 6.07) is 9.39. The molecule has 0 fully saturated rings. The van der Waals surface area contributed by atoms with Gasteiger partial charge in [-0.1, -0.05) is 18.2 Å². The summed E-state index contributed by atoms with van der Waals surface area (Å²) in [6.45, 7) is 1.88. The summed E-state index contributed by atoms with van der Waals surface area (Å²) in [7, 11) is 0. The molecular weight excluding hydrogens is 245 g/mol. The standard InChI is InChI=1S/C15H14FNO2/c1-10-4-3-7-17-14(10)9-13(15(18)19)11-5-2-6-12(16)8-11/h2-8,13H,9H2,1H3,(H,18,19). The summed E-state index contributed by atoms with van der Waals surface area (Å²) < 4.78 is 13.2. The van der Waals surface area contributed by atoms with Gasteiger partial charge in [-0.05, 0) is 36.2 Å². The van der Waals surface area contributed by atoms with Crippen LogP contribution >= 0.6 is 0 Å². The van der Waals surface area contributed by atoms with Crippen LogP contribution < -0.4 is 0 Å². The van der Waals surface area contributed by atoms with Crippen LogP contribution in [0.5, 0.6) is 0 Å². The molecule has 19 heavy (non-hydrogen) atoms. The number of aromatic nitrogens is 1. The number of hydrogen-bond acceptors (Lipinski definition) is 2. The Bertz CT molecular complexity index is 598. The molecular formula is C15H14FNO2. The third kappa shape index (κ3) is 3.16. The Hall–Kier alpha value is -2.23. The van der Waals surface area contributed by atoms with Crippen LogP contribution in [-0.4, -0.2) is 16.1 Å². The van der Waals surface area contributed by atoms with Gasteiger partial charge in [-0.3, -0.25) is 9.78 Å². The first-order valence-corrected chi connectivity index (χ1v) is 5.96. The zero-order chi connectivity index (χ0) is 13.8. The van der Waals surface area contributed by atoms with E-state index in [0.717, 1.165) is 11.3 Å². The van der Waals surface area contributed by atoms with E-state index in [-0.39, 0.29) is 6.42 Å². The first-order chi connectivity index (χ1) is 9.08. The first-order valence-electron chi connectivity index (χ1n) is 5.96. The number of aryl methyl sites for hydroxylation is 1. The first kappa shape index (κ1) is 13.2. The lowest BCUT2D eigenvalue weighted by Gasteiger charge is -2.13. The number of carboxylic acid groups (broad SMARTS) is 1. The van der Waals surface area contributed by atoms with Gasteiger partial charge in [0.15, 0.2) is 0 Å². The zero-order valence-corrected chi connectivity index (χ0v) is 10.5. The zero-order valence-electron chi connectivity index (χ0n) is 10.5. The van der Waals surface area contributed by atoms with E-state index >= 15 is 0 Å². The number of carbonyl (C=O) groups is 1. The predicted octanol–water partition coefficient (Wildman–Crippen LogP) is 2.94. The molecule has 2 rings (SSSR count). The molecule has 1 heterocycles. The number of aliphatic carboxylic acids is 1. The lowest BCUT2D eigenvalue weighted by Crippen LogP contribution is -2.16. The van der Waals surface area contributed by atoms with Crippen LogP contribution in [-0.2, 0) is 11.2 Å². The number of benzene rings is 1. The maximum atomic E-state index is 13.2. The van der Waals surface area contributed by atoms with Crippen molar-refractivity contribution in [3.63, 3.8) is 0 Å². The molecule has 0 aliphatic carbocycles. The molecule has 0 spiro atoms. The Morgan fingerprint density at radius 3 is 2.79 bits per heavy atom. The average molecular weight is 259 g/mol. The molecule has 0 radical (unpaired) electrons. The average Bonchev–Trinajstić information content (AvgIpc) is 2.37. The van der Waals surface area contributed by atoms with E-state index in [1.54, 1.807) is 18.3 Å². The minimum Gasteiger partial charge on any atom is -0.481 e. The van der Waals surface area contributed by atoms with E-state index in [2.05, 4.69) is 4.98 Å². The van der Waals surface area contributed by atoms with E-state index in [1.807, 2.05) is 13.0 Å². The fourth-order valence-electron chi connectivity index (χ4n) is 2.00. The van der Waals surface area contributed by atoms with Gasteiger partial charge < -0.3 is 5.11 Å². The van der Waals surface area contributed by atoms with Crippen molar-refractivity contribution in [2.24, 2.45) is 0 Å². The van der Waals surface area contributed by atoms with Crippen LogP contribution in [0.4, 0.5) is 4.39 Å². The second-order valence-electron chi connectivity index (χ2n) is 4.42. The van der Waals surface area contributed by atoms with Gasteiger partial charge in [-0.15, -0.1) is 0 Å². The molecule has 1 atom stereocenters. The lowest BCUT2D eigenvalue weighted by molar-refractivity contribution is -0.138. The molecule has 4 heteroatoms. The summed E-state index contributed by atoms with van der Waals surface area (Å²) in [5.74, 6) is -2.19. The molecule has 0 bridgehead atoms. The SMILES string of the molecule is Cc1cccnc1CC(C(=O)O)c1cccc(F)c1. The van der Waals surface area contributed by atoms with Crippen molar-refractivity contribution < 1.29 is 14.3 Å². The Labute approximate surface area is 110 Å². The number of pyridine rings is 1. The highest BCUT2D eigenvalue weighted by Crippen LogP contribution is 2.22. The lowest BCUT2D eigenvalue weighted by atomic mass is 9.93. The van der Waals surface area contributed by atoms with Crippen molar-refractivity contribution in [1.29, 1.82) is 0 Å². The molecule has 1 aromatic heterocycles. The summed E-state index contributed by atoms with van der Waals surface area (Å²) >= 11 is 0. The normalized spacial score (nSPS) is 12.1. The van der Waals surface area contributed by atoms with Gasteiger partial charge in [0.1, 0.15) is 5.82 Å². The molecule has 1 N–H and O–H groups in total. The Kier molecular flexibility index (Phi) is 3.90. The van der Waals surface area contributed by atoms with Crippen LogP contribution in [0, 0.1) is 12.7 Å². The molecule has 0 saturated carbocycles. The predicted molar refractivity (Wildman–Crippen MR) is 69.5 cm³/mol. The van der Waals surface area contributed by atoms with Gasteiger partial charge in [0, 0.05) is 18.3 Å². The molecule has 3 nitrogen and oxygen atoms in total. The van der Waals surface area contributed by atoms with Gasteiger partial charge >= 0.3 is 5.97 Å². The Balaban J connectivity index is 2.32. The third-order valence-corrected chi connectivity index (χ3v) is 3.06. The van der Waals surface area contributed by atoms with Crippen LogP contribution in [0.25, 0.3) is 0 Å². The fraction of sp³-hybridized carbons (Fsp3) is 0.200. The Morgan fingerprint density at radius 2 is 2.16 bits per heavy atom.